The highest BCUT2D eigenvalue weighted by Gasteiger charge is 2.26. The molecule has 1 aromatic rings. The van der Waals surface area contributed by atoms with E-state index in [-0.39, 0.29) is 25.0 Å². The van der Waals surface area contributed by atoms with Crippen LogP contribution in [0.4, 0.5) is 0 Å². The number of carboxylic acid groups (broad SMARTS) is 1. The van der Waals surface area contributed by atoms with Gasteiger partial charge in [-0.3, -0.25) is 9.59 Å². The van der Waals surface area contributed by atoms with Crippen LogP contribution in [0.2, 0.25) is 0 Å². The Bertz CT molecular complexity index is 1980. The molecule has 5 heterocycles. The van der Waals surface area contributed by atoms with Gasteiger partial charge in [-0.15, -0.1) is 0 Å². The monoisotopic (exact) mass is 590 g/mol. The summed E-state index contributed by atoms with van der Waals surface area (Å²) in [4.78, 5) is 41.9. The molecule has 4 aliphatic heterocycles. The van der Waals surface area contributed by atoms with Crippen LogP contribution >= 0.6 is 0 Å². The summed E-state index contributed by atoms with van der Waals surface area (Å²) in [7, 11) is 1.26. The molecule has 44 heavy (non-hydrogen) atoms. The third kappa shape index (κ3) is 5.32. The number of aliphatic carboxylic acids is 1. The van der Waals surface area contributed by atoms with Crippen molar-refractivity contribution in [1.29, 1.82) is 0 Å². The number of esters is 1. The van der Waals surface area contributed by atoms with E-state index < -0.39 is 11.9 Å². The van der Waals surface area contributed by atoms with E-state index in [1.807, 2.05) is 45.9 Å². The van der Waals surface area contributed by atoms with Crippen LogP contribution in [-0.2, 0) is 14.3 Å². The lowest BCUT2D eigenvalue weighted by Gasteiger charge is -2.04. The number of fused-ring (bicyclic) bond motifs is 5. The number of nitrogens with zero attached hydrogens (tertiary/aromatic N) is 3. The normalized spacial score (nSPS) is 18.2. The molecule has 0 aromatic carbocycles. The molecule has 0 amide bonds. The van der Waals surface area contributed by atoms with Crippen LogP contribution in [0, 0.1) is 6.92 Å². The third-order valence-corrected chi connectivity index (χ3v) is 8.25. The number of allylic oxidation sites excluding steroid dienone is 8. The summed E-state index contributed by atoms with van der Waals surface area (Å²) < 4.78 is 4.81. The van der Waals surface area contributed by atoms with E-state index in [4.69, 9.17) is 19.7 Å². The van der Waals surface area contributed by atoms with Gasteiger partial charge in [0.2, 0.25) is 0 Å². The van der Waals surface area contributed by atoms with E-state index in [1.165, 1.54) is 7.11 Å². The number of hydrogen-bond donors (Lipinski definition) is 3. The molecule has 0 unspecified atom stereocenters. The molecule has 9 heteroatoms. The van der Waals surface area contributed by atoms with Crippen molar-refractivity contribution in [2.45, 2.75) is 47.0 Å². The highest BCUT2D eigenvalue weighted by molar-refractivity contribution is 6.24. The zero-order chi connectivity index (χ0) is 31.9. The summed E-state index contributed by atoms with van der Waals surface area (Å²) in [6, 6.07) is 0. The van der Waals surface area contributed by atoms with E-state index in [2.05, 4.69) is 18.1 Å². The number of hydrogen-bond acceptors (Lipinski definition) is 7. The summed E-state index contributed by atoms with van der Waals surface area (Å²) >= 11 is 0. The molecule has 3 N–H and O–H groups in total. The topological polar surface area (TPSA) is 137 Å². The minimum absolute atomic E-state index is 0.0794. The van der Waals surface area contributed by atoms with Gasteiger partial charge in [-0.05, 0) is 86.3 Å². The number of aliphatic hydroxyl groups is 1. The van der Waals surface area contributed by atoms with E-state index in [0.717, 1.165) is 50.6 Å². The fourth-order valence-corrected chi connectivity index (χ4v) is 5.75. The summed E-state index contributed by atoms with van der Waals surface area (Å²) in [6.45, 7) is 15.8. The number of aliphatic imine (C=N–C) groups is 3. The van der Waals surface area contributed by atoms with Gasteiger partial charge in [0, 0.05) is 28.5 Å². The lowest BCUT2D eigenvalue weighted by molar-refractivity contribution is -0.140. The molecular formula is C35H34N4O5. The van der Waals surface area contributed by atoms with Gasteiger partial charge >= 0.3 is 11.9 Å². The van der Waals surface area contributed by atoms with Crippen molar-refractivity contribution >= 4 is 47.0 Å². The zero-order valence-corrected chi connectivity index (χ0v) is 25.5. The number of carboxylic acids is 1. The first kappa shape index (κ1) is 30.2. The van der Waals surface area contributed by atoms with Crippen molar-refractivity contribution in [2.75, 3.05) is 7.11 Å². The van der Waals surface area contributed by atoms with Crippen LogP contribution in [0.25, 0.3) is 17.9 Å². The number of ether oxygens (including phenoxy) is 1. The molecule has 0 saturated heterocycles. The van der Waals surface area contributed by atoms with Gasteiger partial charge in [0.05, 0.1) is 46.7 Å². The van der Waals surface area contributed by atoms with Crippen molar-refractivity contribution in [3.8, 4) is 0 Å². The Balaban J connectivity index is 1.88. The first-order chi connectivity index (χ1) is 21.0. The number of aromatic amines is 1. The molecule has 0 spiro atoms. The molecule has 0 aliphatic carbocycles. The highest BCUT2D eigenvalue weighted by Crippen LogP contribution is 2.34. The Hall–Kier alpha value is -5.31. The summed E-state index contributed by atoms with van der Waals surface area (Å²) in [6.07, 6.45) is 10.9. The Morgan fingerprint density at radius 1 is 0.841 bits per heavy atom. The number of methoxy groups -OCH3 is 1. The van der Waals surface area contributed by atoms with E-state index >= 15 is 0 Å². The predicted octanol–water partition coefficient (Wildman–Crippen LogP) is 5.01. The molecule has 224 valence electrons. The molecule has 8 bridgehead atoms. The van der Waals surface area contributed by atoms with Crippen LogP contribution in [0.5, 0.6) is 0 Å². The first-order valence-electron chi connectivity index (χ1n) is 14.2. The van der Waals surface area contributed by atoms with Gasteiger partial charge in [-0.25, -0.2) is 15.0 Å². The Kier molecular flexibility index (Phi) is 8.06. The third-order valence-electron chi connectivity index (χ3n) is 8.25. The first-order valence-corrected chi connectivity index (χ1v) is 14.2. The largest absolute Gasteiger partial charge is 0.511 e. The van der Waals surface area contributed by atoms with Crippen molar-refractivity contribution in [2.24, 2.45) is 15.0 Å². The van der Waals surface area contributed by atoms with E-state index in [1.54, 1.807) is 18.2 Å². The van der Waals surface area contributed by atoms with Crippen LogP contribution in [0.1, 0.15) is 51.3 Å². The van der Waals surface area contributed by atoms with Gasteiger partial charge in [0.15, 0.2) is 0 Å². The van der Waals surface area contributed by atoms with Crippen molar-refractivity contribution in [3.05, 3.63) is 110 Å². The SMILES string of the molecule is C=CC1=C(C)C2=NC1=CC1=NC(=Cc3[nH]c(/c(=C(/O)CC(=O)OC)c3C)=CC3=NC(=C2)C(C)=C3CCC(=O)O)C(C=C)=C1C. The number of rotatable bonds is 7. The van der Waals surface area contributed by atoms with Crippen molar-refractivity contribution in [1.82, 2.24) is 4.98 Å². The standard InChI is InChI=1S/C35H34N4O5/c1-8-21-17(3)24-12-25-19(5)23(10-11-33(41)42)30(38-25)15-31-35(32(40)16-34(43)44-7)20(6)27(39-31)14-29-22(9-2)18(4)26(37-29)13-28(21)36-24/h8-9,12-15,39-40H,1-2,10-11,16H2,3-7H3,(H,41,42)/b25-12?,28-13?,29-14?,31-15?,35-32+. The van der Waals surface area contributed by atoms with Gasteiger partial charge in [0.1, 0.15) is 12.2 Å². The molecule has 9 nitrogen and oxygen atoms in total. The maximum Gasteiger partial charge on any atom is 0.313 e. The molecule has 0 fully saturated rings. The predicted molar refractivity (Wildman–Crippen MR) is 174 cm³/mol. The smallest absolute Gasteiger partial charge is 0.313 e. The summed E-state index contributed by atoms with van der Waals surface area (Å²) in [5.74, 6) is -1.67. The number of carbonyl (C=O) groups excluding carboxylic acids is 1. The Morgan fingerprint density at radius 3 is 1.98 bits per heavy atom. The molecule has 4 aliphatic rings. The lowest BCUT2D eigenvalue weighted by atomic mass is 9.98. The quantitative estimate of drug-likeness (QED) is 0.384. The second-order valence-corrected chi connectivity index (χ2v) is 10.9. The number of aromatic nitrogens is 1. The minimum atomic E-state index is -0.920. The second kappa shape index (κ2) is 11.8. The highest BCUT2D eigenvalue weighted by atomic mass is 16.5. The molecule has 0 saturated carbocycles. The Morgan fingerprint density at radius 2 is 1.41 bits per heavy atom. The fraction of sp³-hybridized carbons (Fsp3) is 0.229. The van der Waals surface area contributed by atoms with Crippen LogP contribution in [-0.4, -0.2) is 51.4 Å². The minimum Gasteiger partial charge on any atom is -0.511 e. The number of aliphatic hydroxyl groups excluding tert-OH is 1. The van der Waals surface area contributed by atoms with Crippen LogP contribution < -0.4 is 10.6 Å². The molecular weight excluding hydrogens is 556 g/mol. The fourth-order valence-electron chi connectivity index (χ4n) is 5.75. The molecule has 0 radical (unpaired) electrons. The molecule has 5 rings (SSSR count). The molecule has 0 atom stereocenters. The van der Waals surface area contributed by atoms with Gasteiger partial charge in [-0.1, -0.05) is 25.3 Å². The van der Waals surface area contributed by atoms with E-state index in [0.29, 0.717) is 38.9 Å². The van der Waals surface area contributed by atoms with Crippen LogP contribution in [0.3, 0.4) is 0 Å². The van der Waals surface area contributed by atoms with E-state index in [9.17, 15) is 19.8 Å². The average Bonchev–Trinajstić information content (AvgIpc) is 3.64. The summed E-state index contributed by atoms with van der Waals surface area (Å²) in [5.41, 5.74) is 10.7. The Labute approximate surface area is 255 Å². The lowest BCUT2D eigenvalue weighted by Crippen LogP contribution is -2.29. The second-order valence-electron chi connectivity index (χ2n) is 10.9. The van der Waals surface area contributed by atoms with Crippen LogP contribution in [0.15, 0.2) is 103 Å². The van der Waals surface area contributed by atoms with Crippen molar-refractivity contribution < 1.29 is 24.5 Å². The number of carbonyl (C=O) groups is 2. The van der Waals surface area contributed by atoms with Gasteiger partial charge < -0.3 is 19.9 Å². The zero-order valence-electron chi connectivity index (χ0n) is 25.5. The van der Waals surface area contributed by atoms with Gasteiger partial charge in [0.25, 0.3) is 0 Å². The maximum absolute atomic E-state index is 12.1. The number of H-pyrrole nitrogens is 1. The summed E-state index contributed by atoms with van der Waals surface area (Å²) in [5, 5.41) is 21.6. The molecule has 1 aromatic heterocycles. The van der Waals surface area contributed by atoms with Crippen molar-refractivity contribution in [3.63, 3.8) is 0 Å². The maximum atomic E-state index is 12.1. The average molecular weight is 591 g/mol. The van der Waals surface area contributed by atoms with Gasteiger partial charge in [-0.2, -0.15) is 0 Å². The number of nitrogens with one attached hydrogen (secondary N) is 1.